The van der Waals surface area contributed by atoms with E-state index in [4.69, 9.17) is 21.9 Å². The zero-order chi connectivity index (χ0) is 11.4. The van der Waals surface area contributed by atoms with Crippen LogP contribution in [-0.2, 0) is 6.42 Å². The van der Waals surface area contributed by atoms with Gasteiger partial charge in [0.15, 0.2) is 0 Å². The number of hydrogen-bond acceptors (Lipinski definition) is 4. The van der Waals surface area contributed by atoms with Crippen molar-refractivity contribution in [3.8, 4) is 0 Å². The lowest BCUT2D eigenvalue weighted by Crippen LogP contribution is -2.29. The van der Waals surface area contributed by atoms with E-state index in [0.29, 0.717) is 5.02 Å². The summed E-state index contributed by atoms with van der Waals surface area (Å²) < 4.78 is 5.01. The molecule has 2 aromatic heterocycles. The number of rotatable bonds is 4. The number of nitrogens with zero attached hydrogens (tertiary/aromatic N) is 1. The average molecular weight is 238 g/mol. The standard InChI is InChI=1S/C11H12ClN3O/c12-10-6-14-3-1-9(10)11(15-13)5-8-2-4-16-7-8/h1-4,6-7,11,15H,5,13H2. The summed E-state index contributed by atoms with van der Waals surface area (Å²) in [5.41, 5.74) is 4.74. The van der Waals surface area contributed by atoms with Crippen LogP contribution in [0.25, 0.3) is 0 Å². The van der Waals surface area contributed by atoms with Gasteiger partial charge in [0.25, 0.3) is 0 Å². The van der Waals surface area contributed by atoms with E-state index < -0.39 is 0 Å². The van der Waals surface area contributed by atoms with Gasteiger partial charge in [0.2, 0.25) is 0 Å². The molecule has 0 saturated heterocycles. The fraction of sp³-hybridized carbons (Fsp3) is 0.182. The summed E-state index contributed by atoms with van der Waals surface area (Å²) in [5.74, 6) is 5.53. The monoisotopic (exact) mass is 237 g/mol. The predicted molar refractivity (Wildman–Crippen MR) is 61.7 cm³/mol. The molecule has 84 valence electrons. The first-order chi connectivity index (χ1) is 7.81. The van der Waals surface area contributed by atoms with Gasteiger partial charge in [-0.15, -0.1) is 0 Å². The molecule has 0 spiro atoms. The van der Waals surface area contributed by atoms with Crippen molar-refractivity contribution >= 4 is 11.6 Å². The molecule has 0 radical (unpaired) electrons. The quantitative estimate of drug-likeness (QED) is 0.631. The molecule has 0 aliphatic rings. The zero-order valence-electron chi connectivity index (χ0n) is 8.56. The molecule has 0 saturated carbocycles. The molecule has 0 aromatic carbocycles. The highest BCUT2D eigenvalue weighted by Crippen LogP contribution is 2.24. The number of furan rings is 1. The van der Waals surface area contributed by atoms with Crippen LogP contribution in [0.5, 0.6) is 0 Å². The van der Waals surface area contributed by atoms with Crippen LogP contribution in [0.1, 0.15) is 17.2 Å². The smallest absolute Gasteiger partial charge is 0.0935 e. The van der Waals surface area contributed by atoms with Gasteiger partial charge in [-0.05, 0) is 29.7 Å². The van der Waals surface area contributed by atoms with Crippen LogP contribution in [-0.4, -0.2) is 4.98 Å². The minimum absolute atomic E-state index is 0.0481. The molecular formula is C11H12ClN3O. The average Bonchev–Trinajstić information content (AvgIpc) is 2.80. The van der Waals surface area contributed by atoms with Crippen molar-refractivity contribution in [3.05, 3.63) is 53.2 Å². The van der Waals surface area contributed by atoms with E-state index in [1.165, 1.54) is 0 Å². The van der Waals surface area contributed by atoms with Gasteiger partial charge < -0.3 is 4.42 Å². The molecule has 1 unspecified atom stereocenters. The highest BCUT2D eigenvalue weighted by atomic mass is 35.5. The Morgan fingerprint density at radius 2 is 2.38 bits per heavy atom. The van der Waals surface area contributed by atoms with Crippen molar-refractivity contribution in [1.29, 1.82) is 0 Å². The number of pyridine rings is 1. The molecule has 0 bridgehead atoms. The van der Waals surface area contributed by atoms with Crippen LogP contribution in [0.4, 0.5) is 0 Å². The highest BCUT2D eigenvalue weighted by molar-refractivity contribution is 6.31. The maximum atomic E-state index is 6.06. The zero-order valence-corrected chi connectivity index (χ0v) is 9.32. The van der Waals surface area contributed by atoms with E-state index >= 15 is 0 Å². The van der Waals surface area contributed by atoms with Crippen LogP contribution in [0, 0.1) is 0 Å². The van der Waals surface area contributed by atoms with Crippen LogP contribution < -0.4 is 11.3 Å². The predicted octanol–water partition coefficient (Wildman–Crippen LogP) is 2.08. The van der Waals surface area contributed by atoms with Gasteiger partial charge in [-0.2, -0.15) is 0 Å². The van der Waals surface area contributed by atoms with Crippen molar-refractivity contribution in [2.24, 2.45) is 5.84 Å². The Kier molecular flexibility index (Phi) is 3.56. The summed E-state index contributed by atoms with van der Waals surface area (Å²) in [6.07, 6.45) is 7.35. The van der Waals surface area contributed by atoms with Gasteiger partial charge in [-0.1, -0.05) is 11.6 Å². The van der Waals surface area contributed by atoms with E-state index in [1.54, 1.807) is 24.9 Å². The van der Waals surface area contributed by atoms with Crippen molar-refractivity contribution < 1.29 is 4.42 Å². The van der Waals surface area contributed by atoms with Gasteiger partial charge in [0.05, 0.1) is 23.6 Å². The van der Waals surface area contributed by atoms with Gasteiger partial charge in [0, 0.05) is 12.4 Å². The molecule has 2 rings (SSSR count). The Morgan fingerprint density at radius 1 is 1.50 bits per heavy atom. The molecule has 5 heteroatoms. The van der Waals surface area contributed by atoms with Crippen LogP contribution in [0.15, 0.2) is 41.5 Å². The number of hydrogen-bond donors (Lipinski definition) is 2. The number of aromatic nitrogens is 1. The summed E-state index contributed by atoms with van der Waals surface area (Å²) in [7, 11) is 0. The first kappa shape index (κ1) is 11.1. The lowest BCUT2D eigenvalue weighted by Gasteiger charge is -2.16. The summed E-state index contributed by atoms with van der Waals surface area (Å²) in [4.78, 5) is 3.94. The van der Waals surface area contributed by atoms with E-state index in [1.807, 2.05) is 12.1 Å². The maximum Gasteiger partial charge on any atom is 0.0935 e. The third-order valence-electron chi connectivity index (χ3n) is 2.40. The van der Waals surface area contributed by atoms with Crippen LogP contribution in [0.2, 0.25) is 5.02 Å². The SMILES string of the molecule is NNC(Cc1ccoc1)c1ccncc1Cl. The second kappa shape index (κ2) is 5.12. The molecule has 4 nitrogen and oxygen atoms in total. The molecule has 3 N–H and O–H groups in total. The van der Waals surface area contributed by atoms with E-state index in [-0.39, 0.29) is 6.04 Å². The Balaban J connectivity index is 2.20. The Hall–Kier alpha value is -1.36. The number of nitrogens with one attached hydrogen (secondary N) is 1. The largest absolute Gasteiger partial charge is 0.472 e. The third kappa shape index (κ3) is 2.41. The first-order valence-corrected chi connectivity index (χ1v) is 5.25. The van der Waals surface area contributed by atoms with E-state index in [2.05, 4.69) is 10.4 Å². The van der Waals surface area contributed by atoms with Crippen molar-refractivity contribution in [1.82, 2.24) is 10.4 Å². The molecule has 0 aliphatic carbocycles. The van der Waals surface area contributed by atoms with Crippen LogP contribution in [0.3, 0.4) is 0 Å². The number of hydrazine groups is 1. The summed E-state index contributed by atoms with van der Waals surface area (Å²) in [6, 6.07) is 3.71. The van der Waals surface area contributed by atoms with Gasteiger partial charge in [-0.25, -0.2) is 0 Å². The summed E-state index contributed by atoms with van der Waals surface area (Å²) in [6.45, 7) is 0. The third-order valence-corrected chi connectivity index (χ3v) is 2.72. The minimum atomic E-state index is -0.0481. The Labute approximate surface area is 98.4 Å². The molecule has 0 amide bonds. The van der Waals surface area contributed by atoms with Gasteiger partial charge >= 0.3 is 0 Å². The lowest BCUT2D eigenvalue weighted by molar-refractivity contribution is 0.535. The first-order valence-electron chi connectivity index (χ1n) is 4.88. The lowest BCUT2D eigenvalue weighted by atomic mass is 10.0. The Bertz CT molecular complexity index is 444. The van der Waals surface area contributed by atoms with Crippen molar-refractivity contribution in [2.45, 2.75) is 12.5 Å². The van der Waals surface area contributed by atoms with Crippen LogP contribution >= 0.6 is 11.6 Å². The molecule has 2 aromatic rings. The second-order valence-corrected chi connectivity index (χ2v) is 3.86. The number of halogens is 1. The number of nitrogens with two attached hydrogens (primary N) is 1. The molecular weight excluding hydrogens is 226 g/mol. The fourth-order valence-corrected chi connectivity index (χ4v) is 1.82. The fourth-order valence-electron chi connectivity index (χ4n) is 1.57. The molecule has 0 fully saturated rings. The molecule has 1 atom stereocenters. The normalized spacial score (nSPS) is 12.6. The van der Waals surface area contributed by atoms with Crippen molar-refractivity contribution in [2.75, 3.05) is 0 Å². The Morgan fingerprint density at radius 3 is 3.00 bits per heavy atom. The maximum absolute atomic E-state index is 6.06. The molecule has 16 heavy (non-hydrogen) atoms. The topological polar surface area (TPSA) is 64.1 Å². The molecule has 0 aliphatic heterocycles. The van der Waals surface area contributed by atoms with E-state index in [0.717, 1.165) is 17.5 Å². The van der Waals surface area contributed by atoms with E-state index in [9.17, 15) is 0 Å². The van der Waals surface area contributed by atoms with Gasteiger partial charge in [-0.3, -0.25) is 16.3 Å². The van der Waals surface area contributed by atoms with Gasteiger partial charge in [0.1, 0.15) is 0 Å². The second-order valence-electron chi connectivity index (χ2n) is 3.45. The van der Waals surface area contributed by atoms with Crippen molar-refractivity contribution in [3.63, 3.8) is 0 Å². The summed E-state index contributed by atoms with van der Waals surface area (Å²) in [5, 5.41) is 0.606. The minimum Gasteiger partial charge on any atom is -0.472 e. The molecule has 2 heterocycles. The highest BCUT2D eigenvalue weighted by Gasteiger charge is 2.14. The summed E-state index contributed by atoms with van der Waals surface area (Å²) >= 11 is 6.06.